The first-order valence-electron chi connectivity index (χ1n) is 8.18. The molecule has 2 aromatic heterocycles. The predicted octanol–water partition coefficient (Wildman–Crippen LogP) is 2.32. The van der Waals surface area contributed by atoms with E-state index < -0.39 is 0 Å². The third-order valence-electron chi connectivity index (χ3n) is 4.15. The molecule has 2 N–H and O–H groups in total. The molecule has 0 radical (unpaired) electrons. The smallest absolute Gasteiger partial charge is 0.272 e. The lowest BCUT2D eigenvalue weighted by atomic mass is 10.1. The number of rotatable bonds is 5. The van der Waals surface area contributed by atoms with Gasteiger partial charge in [0.25, 0.3) is 5.91 Å². The van der Waals surface area contributed by atoms with Crippen LogP contribution in [0.4, 0.5) is 0 Å². The Morgan fingerprint density at radius 2 is 2.48 bits per heavy atom. The zero-order valence-corrected chi connectivity index (χ0v) is 14.4. The molecule has 1 saturated heterocycles. The molecule has 1 fully saturated rings. The Morgan fingerprint density at radius 1 is 1.61 bits per heavy atom. The molecule has 1 amide bonds. The summed E-state index contributed by atoms with van der Waals surface area (Å²) in [6, 6.07) is 2.02. The lowest BCUT2D eigenvalue weighted by Gasteiger charge is -2.22. The van der Waals surface area contributed by atoms with Crippen molar-refractivity contribution in [2.24, 2.45) is 0 Å². The number of hydrogen-bond donors (Lipinski definition) is 2. The van der Waals surface area contributed by atoms with Crippen molar-refractivity contribution in [1.29, 1.82) is 0 Å². The van der Waals surface area contributed by atoms with Crippen LogP contribution in [0.15, 0.2) is 17.6 Å². The Kier molecular flexibility index (Phi) is 5.07. The standard InChI is InChI=1S/C16H23N5OS/c1-3-15-19-14(10-23-15)11(2)18-16(22)13-6-8-21(20-13)12-5-4-7-17-9-12/h6,8,10-12,17H,3-5,7,9H2,1-2H3,(H,18,22). The lowest BCUT2D eigenvalue weighted by Crippen LogP contribution is -2.32. The summed E-state index contributed by atoms with van der Waals surface area (Å²) in [6.45, 7) is 6.01. The summed E-state index contributed by atoms with van der Waals surface area (Å²) in [6.07, 6.45) is 5.07. The molecule has 23 heavy (non-hydrogen) atoms. The summed E-state index contributed by atoms with van der Waals surface area (Å²) in [4.78, 5) is 16.9. The van der Waals surface area contributed by atoms with Crippen molar-refractivity contribution in [3.8, 4) is 0 Å². The van der Waals surface area contributed by atoms with Crippen molar-refractivity contribution in [3.05, 3.63) is 34.0 Å². The van der Waals surface area contributed by atoms with Crippen LogP contribution in [0.25, 0.3) is 0 Å². The Labute approximate surface area is 140 Å². The molecule has 0 saturated carbocycles. The van der Waals surface area contributed by atoms with Gasteiger partial charge in [0.05, 0.1) is 22.8 Å². The number of nitrogens with one attached hydrogen (secondary N) is 2. The molecule has 2 unspecified atom stereocenters. The maximum atomic E-state index is 12.4. The monoisotopic (exact) mass is 333 g/mol. The fraction of sp³-hybridized carbons (Fsp3) is 0.562. The fourth-order valence-corrected chi connectivity index (χ4v) is 3.59. The van der Waals surface area contributed by atoms with Crippen LogP contribution in [0.1, 0.15) is 60.0 Å². The van der Waals surface area contributed by atoms with Gasteiger partial charge in [0.1, 0.15) is 5.69 Å². The van der Waals surface area contributed by atoms with Gasteiger partial charge in [0, 0.05) is 18.1 Å². The number of nitrogens with zero attached hydrogens (tertiary/aromatic N) is 3. The number of hydrogen-bond acceptors (Lipinski definition) is 5. The minimum absolute atomic E-state index is 0.111. The summed E-state index contributed by atoms with van der Waals surface area (Å²) in [5.74, 6) is -0.147. The summed E-state index contributed by atoms with van der Waals surface area (Å²) in [5.41, 5.74) is 1.38. The molecule has 0 bridgehead atoms. The van der Waals surface area contributed by atoms with Gasteiger partial charge in [-0.2, -0.15) is 5.10 Å². The van der Waals surface area contributed by atoms with E-state index in [1.54, 1.807) is 17.4 Å². The van der Waals surface area contributed by atoms with E-state index in [4.69, 9.17) is 0 Å². The highest BCUT2D eigenvalue weighted by Crippen LogP contribution is 2.18. The molecule has 124 valence electrons. The Balaban J connectivity index is 1.62. The molecule has 2 atom stereocenters. The normalized spacial score (nSPS) is 19.5. The molecule has 0 aliphatic carbocycles. The average Bonchev–Trinajstić information content (AvgIpc) is 3.25. The highest BCUT2D eigenvalue weighted by Gasteiger charge is 2.19. The number of aromatic nitrogens is 3. The van der Waals surface area contributed by atoms with E-state index in [1.807, 2.05) is 23.2 Å². The molecule has 0 spiro atoms. The SMILES string of the molecule is CCc1nc(C(C)NC(=O)c2ccn(C3CCCNC3)n2)cs1. The molecule has 1 aliphatic rings. The Bertz CT molecular complexity index is 659. The molecule has 7 heteroatoms. The first-order chi connectivity index (χ1) is 11.2. The van der Waals surface area contributed by atoms with Crippen molar-refractivity contribution in [1.82, 2.24) is 25.4 Å². The van der Waals surface area contributed by atoms with Gasteiger partial charge in [0.2, 0.25) is 0 Å². The van der Waals surface area contributed by atoms with Gasteiger partial charge in [-0.3, -0.25) is 9.48 Å². The predicted molar refractivity (Wildman–Crippen MR) is 90.7 cm³/mol. The molecule has 0 aromatic carbocycles. The van der Waals surface area contributed by atoms with Crippen LogP contribution >= 0.6 is 11.3 Å². The minimum atomic E-state index is -0.147. The van der Waals surface area contributed by atoms with Crippen LogP contribution in [0.5, 0.6) is 0 Å². The second kappa shape index (κ2) is 7.23. The van der Waals surface area contributed by atoms with Gasteiger partial charge in [-0.05, 0) is 38.8 Å². The second-order valence-corrected chi connectivity index (χ2v) is 6.84. The molecule has 1 aliphatic heterocycles. The van der Waals surface area contributed by atoms with Crippen LogP contribution in [0.3, 0.4) is 0 Å². The number of thiazole rings is 1. The van der Waals surface area contributed by atoms with E-state index in [0.717, 1.165) is 43.1 Å². The second-order valence-electron chi connectivity index (χ2n) is 5.90. The fourth-order valence-electron chi connectivity index (χ4n) is 2.75. The largest absolute Gasteiger partial charge is 0.343 e. The van der Waals surface area contributed by atoms with Crippen LogP contribution in [0, 0.1) is 0 Å². The van der Waals surface area contributed by atoms with Crippen LogP contribution < -0.4 is 10.6 Å². The van der Waals surface area contributed by atoms with Gasteiger partial charge in [0.15, 0.2) is 0 Å². The number of amides is 1. The Hall–Kier alpha value is -1.73. The zero-order chi connectivity index (χ0) is 16.2. The third kappa shape index (κ3) is 3.79. The molecule has 3 rings (SSSR count). The summed E-state index contributed by atoms with van der Waals surface area (Å²) in [7, 11) is 0. The summed E-state index contributed by atoms with van der Waals surface area (Å²) < 4.78 is 1.91. The van der Waals surface area contributed by atoms with E-state index >= 15 is 0 Å². The van der Waals surface area contributed by atoms with Crippen molar-refractivity contribution in [2.45, 2.75) is 45.2 Å². The summed E-state index contributed by atoms with van der Waals surface area (Å²) in [5, 5.41) is 13.9. The van der Waals surface area contributed by atoms with Gasteiger partial charge in [-0.15, -0.1) is 11.3 Å². The lowest BCUT2D eigenvalue weighted by molar-refractivity contribution is 0.0932. The number of piperidine rings is 1. The highest BCUT2D eigenvalue weighted by molar-refractivity contribution is 7.09. The van der Waals surface area contributed by atoms with Crippen LogP contribution in [0.2, 0.25) is 0 Å². The van der Waals surface area contributed by atoms with Gasteiger partial charge in [-0.25, -0.2) is 4.98 Å². The minimum Gasteiger partial charge on any atom is -0.343 e. The number of aryl methyl sites for hydroxylation is 1. The average molecular weight is 333 g/mol. The van der Waals surface area contributed by atoms with E-state index in [1.165, 1.54) is 0 Å². The molecule has 2 aromatic rings. The van der Waals surface area contributed by atoms with E-state index in [0.29, 0.717) is 11.7 Å². The highest BCUT2D eigenvalue weighted by atomic mass is 32.1. The van der Waals surface area contributed by atoms with Crippen LogP contribution in [-0.2, 0) is 6.42 Å². The molecule has 6 nitrogen and oxygen atoms in total. The molecule has 3 heterocycles. The first kappa shape index (κ1) is 16.1. The molecular formula is C16H23N5OS. The quantitative estimate of drug-likeness (QED) is 0.881. The first-order valence-corrected chi connectivity index (χ1v) is 9.06. The van der Waals surface area contributed by atoms with Crippen LogP contribution in [-0.4, -0.2) is 33.8 Å². The van der Waals surface area contributed by atoms with Gasteiger partial charge >= 0.3 is 0 Å². The third-order valence-corrected chi connectivity index (χ3v) is 5.16. The topological polar surface area (TPSA) is 71.8 Å². The van der Waals surface area contributed by atoms with Gasteiger partial charge < -0.3 is 10.6 Å². The maximum absolute atomic E-state index is 12.4. The van der Waals surface area contributed by atoms with E-state index in [-0.39, 0.29) is 11.9 Å². The van der Waals surface area contributed by atoms with Crippen molar-refractivity contribution in [3.63, 3.8) is 0 Å². The van der Waals surface area contributed by atoms with E-state index in [9.17, 15) is 4.79 Å². The molecular weight excluding hydrogens is 310 g/mol. The summed E-state index contributed by atoms with van der Waals surface area (Å²) >= 11 is 1.63. The van der Waals surface area contributed by atoms with Crippen molar-refractivity contribution >= 4 is 17.2 Å². The van der Waals surface area contributed by atoms with Crippen molar-refractivity contribution < 1.29 is 4.79 Å². The Morgan fingerprint density at radius 3 is 3.17 bits per heavy atom. The number of carbonyl (C=O) groups is 1. The van der Waals surface area contributed by atoms with Crippen molar-refractivity contribution in [2.75, 3.05) is 13.1 Å². The van der Waals surface area contributed by atoms with E-state index in [2.05, 4.69) is 27.6 Å². The number of carbonyl (C=O) groups excluding carboxylic acids is 1. The van der Waals surface area contributed by atoms with Gasteiger partial charge in [-0.1, -0.05) is 6.92 Å². The zero-order valence-electron chi connectivity index (χ0n) is 13.6. The maximum Gasteiger partial charge on any atom is 0.272 e.